The molecule has 19 heavy (non-hydrogen) atoms. The van der Waals surface area contributed by atoms with Crippen molar-refractivity contribution in [3.63, 3.8) is 0 Å². The van der Waals surface area contributed by atoms with Crippen LogP contribution in [0.15, 0.2) is 5.10 Å². The maximum atomic E-state index is 11.0. The highest BCUT2D eigenvalue weighted by Crippen LogP contribution is 2.34. The third-order valence-corrected chi connectivity index (χ3v) is 4.75. The summed E-state index contributed by atoms with van der Waals surface area (Å²) in [6.45, 7) is 2.29. The highest BCUT2D eigenvalue weighted by Gasteiger charge is 2.21. The van der Waals surface area contributed by atoms with E-state index in [1.54, 1.807) is 0 Å². The van der Waals surface area contributed by atoms with Gasteiger partial charge in [0.25, 0.3) is 0 Å². The van der Waals surface area contributed by atoms with E-state index in [4.69, 9.17) is 0 Å². The zero-order chi connectivity index (χ0) is 13.5. The Labute approximate surface area is 117 Å². The van der Waals surface area contributed by atoms with Gasteiger partial charge in [0.15, 0.2) is 0 Å². The second kappa shape index (κ2) is 7.66. The Hall–Kier alpha value is -0.860. The molecule has 1 saturated carbocycles. The van der Waals surface area contributed by atoms with Crippen LogP contribution < -0.4 is 5.43 Å². The predicted molar refractivity (Wildman–Crippen MR) is 79.0 cm³/mol. The van der Waals surface area contributed by atoms with Crippen molar-refractivity contribution >= 4 is 11.6 Å². The molecule has 1 heterocycles. The molecule has 0 unspecified atom stereocenters. The number of amides is 1. The van der Waals surface area contributed by atoms with Gasteiger partial charge in [0.05, 0.1) is 0 Å². The summed E-state index contributed by atoms with van der Waals surface area (Å²) in [6, 6.07) is 0. The summed E-state index contributed by atoms with van der Waals surface area (Å²) in [5, 5.41) is 4.17. The van der Waals surface area contributed by atoms with Gasteiger partial charge in [0.2, 0.25) is 5.91 Å². The first-order valence-corrected chi connectivity index (χ1v) is 8.12. The molecule has 1 aliphatic carbocycles. The van der Waals surface area contributed by atoms with Crippen molar-refractivity contribution in [3.8, 4) is 0 Å². The lowest BCUT2D eigenvalue weighted by Crippen LogP contribution is -2.26. The number of nitrogens with one attached hydrogen (secondary N) is 1. The van der Waals surface area contributed by atoms with Gasteiger partial charge in [0.1, 0.15) is 0 Å². The van der Waals surface area contributed by atoms with Crippen LogP contribution in [0, 0.1) is 11.8 Å². The molecule has 1 aliphatic heterocycles. The number of carbonyl (C=O) groups excluding carboxylic acids is 1. The maximum absolute atomic E-state index is 11.0. The minimum atomic E-state index is 0.0696. The molecule has 0 aromatic rings. The molecule has 1 amide bonds. The first-order chi connectivity index (χ1) is 9.28. The van der Waals surface area contributed by atoms with Gasteiger partial charge in [-0.1, -0.05) is 51.9 Å². The van der Waals surface area contributed by atoms with Crippen LogP contribution in [0.3, 0.4) is 0 Å². The minimum absolute atomic E-state index is 0.0696. The molecular formula is C16H28N2O. The minimum Gasteiger partial charge on any atom is -0.273 e. The first kappa shape index (κ1) is 14.5. The third kappa shape index (κ3) is 4.96. The Morgan fingerprint density at radius 2 is 1.79 bits per heavy atom. The van der Waals surface area contributed by atoms with Gasteiger partial charge in [-0.05, 0) is 31.1 Å². The first-order valence-electron chi connectivity index (χ1n) is 8.12. The molecule has 0 aromatic carbocycles. The van der Waals surface area contributed by atoms with Crippen LogP contribution in [0.4, 0.5) is 0 Å². The van der Waals surface area contributed by atoms with Crippen molar-refractivity contribution in [2.45, 2.75) is 77.6 Å². The zero-order valence-electron chi connectivity index (χ0n) is 12.3. The fourth-order valence-electron chi connectivity index (χ4n) is 3.36. The summed E-state index contributed by atoms with van der Waals surface area (Å²) in [7, 11) is 0. The summed E-state index contributed by atoms with van der Waals surface area (Å²) < 4.78 is 0. The van der Waals surface area contributed by atoms with Crippen molar-refractivity contribution < 1.29 is 4.79 Å². The standard InChI is InChI=1S/C16H28N2O/c1-2-3-4-13-5-7-14(8-6-13)9-10-15-11-12-16(19)18-17-15/h13-14H,2-12H2,1H3,(H,18,19)/t13-,14-. The molecule has 0 spiro atoms. The second-order valence-electron chi connectivity index (χ2n) is 6.28. The number of hydrogen-bond acceptors (Lipinski definition) is 2. The summed E-state index contributed by atoms with van der Waals surface area (Å²) in [4.78, 5) is 11.0. The molecule has 3 nitrogen and oxygen atoms in total. The smallest absolute Gasteiger partial charge is 0.240 e. The molecule has 1 N–H and O–H groups in total. The molecule has 1 fully saturated rings. The number of nitrogens with zero attached hydrogens (tertiary/aromatic N) is 1. The quantitative estimate of drug-likeness (QED) is 0.773. The van der Waals surface area contributed by atoms with E-state index in [0.717, 1.165) is 24.7 Å². The molecule has 2 rings (SSSR count). The summed E-state index contributed by atoms with van der Waals surface area (Å²) in [6.07, 6.45) is 13.8. The van der Waals surface area contributed by atoms with Gasteiger partial charge in [-0.3, -0.25) is 4.79 Å². The Bertz CT molecular complexity index is 317. The molecule has 3 heteroatoms. The molecule has 0 saturated heterocycles. The molecule has 0 atom stereocenters. The Morgan fingerprint density at radius 1 is 1.11 bits per heavy atom. The van der Waals surface area contributed by atoms with Crippen LogP contribution in [-0.2, 0) is 4.79 Å². The van der Waals surface area contributed by atoms with Gasteiger partial charge in [-0.25, -0.2) is 5.43 Å². The van der Waals surface area contributed by atoms with Crippen LogP contribution in [0.2, 0.25) is 0 Å². The number of carbonyl (C=O) groups is 1. The molecule has 0 bridgehead atoms. The van der Waals surface area contributed by atoms with Crippen LogP contribution in [0.5, 0.6) is 0 Å². The van der Waals surface area contributed by atoms with Gasteiger partial charge in [-0.2, -0.15) is 5.10 Å². The van der Waals surface area contributed by atoms with E-state index in [1.165, 1.54) is 57.1 Å². The van der Waals surface area contributed by atoms with Crippen LogP contribution in [-0.4, -0.2) is 11.6 Å². The lowest BCUT2D eigenvalue weighted by Gasteiger charge is -2.28. The Balaban J connectivity index is 1.62. The third-order valence-electron chi connectivity index (χ3n) is 4.75. The summed E-state index contributed by atoms with van der Waals surface area (Å²) in [5.74, 6) is 1.97. The van der Waals surface area contributed by atoms with E-state index >= 15 is 0 Å². The van der Waals surface area contributed by atoms with Gasteiger partial charge in [-0.15, -0.1) is 0 Å². The second-order valence-corrected chi connectivity index (χ2v) is 6.28. The molecule has 2 aliphatic rings. The van der Waals surface area contributed by atoms with Crippen molar-refractivity contribution in [2.75, 3.05) is 0 Å². The SMILES string of the molecule is CCCC[C@H]1CC[C@H](CCC2=NNC(=O)CC2)CC1. The Kier molecular flexibility index (Phi) is 5.87. The van der Waals surface area contributed by atoms with E-state index in [9.17, 15) is 4.79 Å². The van der Waals surface area contributed by atoms with Crippen LogP contribution >= 0.6 is 0 Å². The van der Waals surface area contributed by atoms with Crippen molar-refractivity contribution in [1.82, 2.24) is 5.43 Å². The fraction of sp³-hybridized carbons (Fsp3) is 0.875. The van der Waals surface area contributed by atoms with Gasteiger partial charge >= 0.3 is 0 Å². The maximum Gasteiger partial charge on any atom is 0.240 e. The van der Waals surface area contributed by atoms with E-state index in [2.05, 4.69) is 17.5 Å². The average Bonchev–Trinajstić information content (AvgIpc) is 2.46. The average molecular weight is 264 g/mol. The fourth-order valence-corrected chi connectivity index (χ4v) is 3.36. The lowest BCUT2D eigenvalue weighted by atomic mass is 9.78. The molecule has 0 radical (unpaired) electrons. The van der Waals surface area contributed by atoms with E-state index in [-0.39, 0.29) is 5.91 Å². The largest absolute Gasteiger partial charge is 0.273 e. The molecule has 108 valence electrons. The van der Waals surface area contributed by atoms with Crippen molar-refractivity contribution in [1.29, 1.82) is 0 Å². The molecular weight excluding hydrogens is 236 g/mol. The highest BCUT2D eigenvalue weighted by atomic mass is 16.2. The summed E-state index contributed by atoms with van der Waals surface area (Å²) in [5.41, 5.74) is 3.80. The topological polar surface area (TPSA) is 41.5 Å². The monoisotopic (exact) mass is 264 g/mol. The van der Waals surface area contributed by atoms with Crippen LogP contribution in [0.1, 0.15) is 77.6 Å². The van der Waals surface area contributed by atoms with E-state index < -0.39 is 0 Å². The van der Waals surface area contributed by atoms with Gasteiger partial charge in [0, 0.05) is 12.1 Å². The number of rotatable bonds is 6. The predicted octanol–water partition coefficient (Wildman–Crippen LogP) is 4.03. The van der Waals surface area contributed by atoms with E-state index in [0.29, 0.717) is 6.42 Å². The number of hydrogen-bond donors (Lipinski definition) is 1. The summed E-state index contributed by atoms with van der Waals surface area (Å²) >= 11 is 0. The van der Waals surface area contributed by atoms with Crippen molar-refractivity contribution in [3.05, 3.63) is 0 Å². The van der Waals surface area contributed by atoms with Gasteiger partial charge < -0.3 is 0 Å². The number of unbranched alkanes of at least 4 members (excludes halogenated alkanes) is 1. The normalized spacial score (nSPS) is 27.8. The van der Waals surface area contributed by atoms with Crippen molar-refractivity contribution in [2.24, 2.45) is 16.9 Å². The zero-order valence-corrected chi connectivity index (χ0v) is 12.3. The van der Waals surface area contributed by atoms with E-state index in [1.807, 2.05) is 0 Å². The number of hydrazone groups is 1. The lowest BCUT2D eigenvalue weighted by molar-refractivity contribution is -0.121. The molecule has 0 aromatic heterocycles. The van der Waals surface area contributed by atoms with Crippen LogP contribution in [0.25, 0.3) is 0 Å². The Morgan fingerprint density at radius 3 is 2.37 bits per heavy atom. The highest BCUT2D eigenvalue weighted by molar-refractivity contribution is 5.92.